The maximum Gasteiger partial charge on any atom is 0.257 e. The van der Waals surface area contributed by atoms with E-state index in [2.05, 4.69) is 10.3 Å². The lowest BCUT2D eigenvalue weighted by Gasteiger charge is -2.06. The molecule has 1 amide bonds. The number of amides is 1. The van der Waals surface area contributed by atoms with Crippen LogP contribution in [0.5, 0.6) is 0 Å². The Morgan fingerprint density at radius 1 is 1.19 bits per heavy atom. The summed E-state index contributed by atoms with van der Waals surface area (Å²) in [6, 6.07) is 9.85. The minimum atomic E-state index is -3.55. The third-order valence-electron chi connectivity index (χ3n) is 3.46. The fraction of sp³-hybridized carbons (Fsp3) is 0.0588. The van der Waals surface area contributed by atoms with Gasteiger partial charge in [0.05, 0.1) is 15.6 Å². The van der Waals surface area contributed by atoms with Gasteiger partial charge >= 0.3 is 0 Å². The van der Waals surface area contributed by atoms with Gasteiger partial charge in [-0.3, -0.25) is 10.1 Å². The van der Waals surface area contributed by atoms with Crippen LogP contribution in [0.2, 0.25) is 5.02 Å². The summed E-state index contributed by atoms with van der Waals surface area (Å²) in [6.45, 7) is 0. The van der Waals surface area contributed by atoms with E-state index in [1.54, 1.807) is 17.5 Å². The molecule has 0 aliphatic rings. The molecule has 0 radical (unpaired) electrons. The molecule has 0 fully saturated rings. The van der Waals surface area contributed by atoms with Gasteiger partial charge in [-0.25, -0.2) is 17.8 Å². The first-order chi connectivity index (χ1) is 12.2. The maximum absolute atomic E-state index is 13.0. The Kier molecular flexibility index (Phi) is 5.08. The topological polar surface area (TPSA) is 76.1 Å². The minimum Gasteiger partial charge on any atom is -0.298 e. The fourth-order valence-corrected chi connectivity index (χ4v) is 4.20. The molecular weight excluding hydrogens is 399 g/mol. The van der Waals surface area contributed by atoms with Crippen molar-refractivity contribution in [1.29, 1.82) is 0 Å². The number of halogens is 2. The van der Waals surface area contributed by atoms with Crippen molar-refractivity contribution in [3.05, 3.63) is 64.2 Å². The summed E-state index contributed by atoms with van der Waals surface area (Å²) >= 11 is 7.08. The van der Waals surface area contributed by atoms with Gasteiger partial charge in [0.15, 0.2) is 15.0 Å². The first-order valence-corrected chi connectivity index (χ1v) is 10.4. The highest BCUT2D eigenvalue weighted by Gasteiger charge is 2.17. The number of rotatable bonds is 4. The maximum atomic E-state index is 13.0. The van der Waals surface area contributed by atoms with Crippen LogP contribution in [0.15, 0.2) is 52.7 Å². The van der Waals surface area contributed by atoms with Gasteiger partial charge in [0.1, 0.15) is 5.82 Å². The molecule has 0 bridgehead atoms. The molecule has 0 saturated carbocycles. The normalized spacial score (nSPS) is 11.3. The summed E-state index contributed by atoms with van der Waals surface area (Å²) in [5.41, 5.74) is 1.46. The molecule has 0 aliphatic heterocycles. The third kappa shape index (κ3) is 4.09. The highest BCUT2D eigenvalue weighted by molar-refractivity contribution is 7.90. The fourth-order valence-electron chi connectivity index (χ4n) is 2.18. The Hall–Kier alpha value is -2.29. The Labute approximate surface area is 158 Å². The molecule has 1 N–H and O–H groups in total. The van der Waals surface area contributed by atoms with E-state index in [0.717, 1.165) is 6.26 Å². The molecule has 0 saturated heterocycles. The first kappa shape index (κ1) is 18.5. The number of nitrogens with zero attached hydrogens (tertiary/aromatic N) is 1. The van der Waals surface area contributed by atoms with Crippen LogP contribution in [0.1, 0.15) is 10.4 Å². The van der Waals surface area contributed by atoms with Gasteiger partial charge in [0.2, 0.25) is 0 Å². The van der Waals surface area contributed by atoms with Crippen LogP contribution >= 0.6 is 22.9 Å². The standard InChI is InChI=1S/C17H12ClFN2O3S2/c1-26(23,24)15-8-11(4-7-13(15)18)16(22)21-17-20-14(9-25-17)10-2-5-12(19)6-3-10/h2-9H,1H3,(H,20,21,22). The third-order valence-corrected chi connectivity index (χ3v) is 5.79. The van der Waals surface area contributed by atoms with Crippen molar-refractivity contribution < 1.29 is 17.6 Å². The second kappa shape index (κ2) is 7.14. The van der Waals surface area contributed by atoms with E-state index < -0.39 is 15.7 Å². The molecule has 1 heterocycles. The van der Waals surface area contributed by atoms with Gasteiger partial charge < -0.3 is 0 Å². The number of carbonyl (C=O) groups excluding carboxylic acids is 1. The van der Waals surface area contributed by atoms with Gasteiger partial charge in [-0.05, 0) is 42.5 Å². The lowest BCUT2D eigenvalue weighted by Crippen LogP contribution is -2.12. The molecule has 26 heavy (non-hydrogen) atoms. The van der Waals surface area contributed by atoms with Crippen LogP contribution in [-0.4, -0.2) is 25.6 Å². The number of sulfone groups is 1. The number of anilines is 1. The Morgan fingerprint density at radius 2 is 1.88 bits per heavy atom. The zero-order valence-electron chi connectivity index (χ0n) is 13.4. The zero-order chi connectivity index (χ0) is 18.9. The molecule has 134 valence electrons. The van der Waals surface area contributed by atoms with E-state index in [4.69, 9.17) is 11.6 Å². The van der Waals surface area contributed by atoms with E-state index in [1.807, 2.05) is 0 Å². The molecule has 9 heteroatoms. The monoisotopic (exact) mass is 410 g/mol. The summed E-state index contributed by atoms with van der Waals surface area (Å²) in [5, 5.41) is 4.73. The van der Waals surface area contributed by atoms with E-state index in [9.17, 15) is 17.6 Å². The van der Waals surface area contributed by atoms with Crippen LogP contribution in [0.4, 0.5) is 9.52 Å². The smallest absolute Gasteiger partial charge is 0.257 e. The average molecular weight is 411 g/mol. The van der Waals surface area contributed by atoms with Gasteiger partial charge in [0.25, 0.3) is 5.91 Å². The Morgan fingerprint density at radius 3 is 2.54 bits per heavy atom. The van der Waals surface area contributed by atoms with E-state index in [1.165, 1.54) is 41.7 Å². The summed E-state index contributed by atoms with van der Waals surface area (Å²) < 4.78 is 36.4. The van der Waals surface area contributed by atoms with Crippen molar-refractivity contribution in [3.8, 4) is 11.3 Å². The van der Waals surface area contributed by atoms with Crippen molar-refractivity contribution in [1.82, 2.24) is 4.98 Å². The lowest BCUT2D eigenvalue weighted by molar-refractivity contribution is 0.102. The summed E-state index contributed by atoms with van der Waals surface area (Å²) in [7, 11) is -3.55. The molecule has 0 aliphatic carbocycles. The predicted molar refractivity (Wildman–Crippen MR) is 100 cm³/mol. The second-order valence-corrected chi connectivity index (χ2v) is 8.67. The van der Waals surface area contributed by atoms with Crippen LogP contribution in [0.25, 0.3) is 11.3 Å². The van der Waals surface area contributed by atoms with Gasteiger partial charge in [-0.15, -0.1) is 11.3 Å². The number of hydrogen-bond donors (Lipinski definition) is 1. The zero-order valence-corrected chi connectivity index (χ0v) is 15.8. The van der Waals surface area contributed by atoms with Crippen molar-refractivity contribution in [2.75, 3.05) is 11.6 Å². The number of benzene rings is 2. The quantitative estimate of drug-likeness (QED) is 0.697. The number of nitrogens with one attached hydrogen (secondary N) is 1. The van der Waals surface area contributed by atoms with Crippen molar-refractivity contribution >= 4 is 43.8 Å². The molecule has 0 atom stereocenters. The van der Waals surface area contributed by atoms with Gasteiger partial charge in [-0.2, -0.15) is 0 Å². The van der Waals surface area contributed by atoms with E-state index in [-0.39, 0.29) is 21.3 Å². The SMILES string of the molecule is CS(=O)(=O)c1cc(C(=O)Nc2nc(-c3ccc(F)cc3)cs2)ccc1Cl. The highest BCUT2D eigenvalue weighted by Crippen LogP contribution is 2.26. The molecule has 2 aromatic carbocycles. The summed E-state index contributed by atoms with van der Waals surface area (Å²) in [6.07, 6.45) is 1.02. The number of aromatic nitrogens is 1. The summed E-state index contributed by atoms with van der Waals surface area (Å²) in [4.78, 5) is 16.5. The molecule has 3 rings (SSSR count). The minimum absolute atomic E-state index is 0.0527. The van der Waals surface area contributed by atoms with Crippen molar-refractivity contribution in [2.24, 2.45) is 0 Å². The van der Waals surface area contributed by atoms with Crippen LogP contribution in [0, 0.1) is 5.82 Å². The molecule has 0 spiro atoms. The first-order valence-electron chi connectivity index (χ1n) is 7.26. The predicted octanol–water partition coefficient (Wildman–Crippen LogP) is 4.26. The Balaban J connectivity index is 1.82. The van der Waals surface area contributed by atoms with Crippen molar-refractivity contribution in [3.63, 3.8) is 0 Å². The molecule has 0 unspecified atom stereocenters. The van der Waals surface area contributed by atoms with E-state index >= 15 is 0 Å². The highest BCUT2D eigenvalue weighted by atomic mass is 35.5. The van der Waals surface area contributed by atoms with Crippen LogP contribution < -0.4 is 5.32 Å². The average Bonchev–Trinajstić information content (AvgIpc) is 3.03. The Bertz CT molecular complexity index is 1080. The molecule has 1 aromatic heterocycles. The van der Waals surface area contributed by atoms with Gasteiger partial charge in [-0.1, -0.05) is 11.6 Å². The second-order valence-electron chi connectivity index (χ2n) is 5.42. The number of carbonyl (C=O) groups is 1. The van der Waals surface area contributed by atoms with Gasteiger partial charge in [0, 0.05) is 22.8 Å². The molecule has 3 aromatic rings. The van der Waals surface area contributed by atoms with Crippen LogP contribution in [-0.2, 0) is 9.84 Å². The van der Waals surface area contributed by atoms with Crippen LogP contribution in [0.3, 0.4) is 0 Å². The van der Waals surface area contributed by atoms with Crippen molar-refractivity contribution in [2.45, 2.75) is 4.90 Å². The van der Waals surface area contributed by atoms with E-state index in [0.29, 0.717) is 16.4 Å². The lowest BCUT2D eigenvalue weighted by atomic mass is 10.2. The number of thiazole rings is 1. The molecular formula is C17H12ClFN2O3S2. The largest absolute Gasteiger partial charge is 0.298 e. The number of hydrogen-bond acceptors (Lipinski definition) is 5. The molecule has 5 nitrogen and oxygen atoms in total. The summed E-state index contributed by atoms with van der Waals surface area (Å²) in [5.74, 6) is -0.853.